The van der Waals surface area contributed by atoms with Crippen LogP contribution in [0, 0.1) is 0 Å². The van der Waals surface area contributed by atoms with E-state index in [0.29, 0.717) is 25.9 Å². The Hall–Kier alpha value is -3.48. The van der Waals surface area contributed by atoms with E-state index in [9.17, 15) is 0 Å². The minimum Gasteiger partial charge on any atom is -0.377 e. The molecule has 5 heteroatoms. The summed E-state index contributed by atoms with van der Waals surface area (Å²) >= 11 is 0. The molecule has 0 aromatic heterocycles. The average Bonchev–Trinajstić information content (AvgIpc) is 3.90. The molecule has 6 rings (SSSR count). The zero-order valence-corrected chi connectivity index (χ0v) is 21.5. The first-order valence-electron chi connectivity index (χ1n) is 13.3. The molecule has 2 fully saturated rings. The number of epoxide rings is 2. The van der Waals surface area contributed by atoms with Crippen LogP contribution in [-0.2, 0) is 32.2 Å². The molecule has 2 atom stereocenters. The Morgan fingerprint density at radius 1 is 0.579 bits per heavy atom. The molecule has 0 spiro atoms. The highest BCUT2D eigenvalue weighted by atomic mass is 16.6. The van der Waals surface area contributed by atoms with Crippen molar-refractivity contribution in [2.75, 3.05) is 31.3 Å². The fourth-order valence-corrected chi connectivity index (χ4v) is 4.48. The van der Waals surface area contributed by atoms with Gasteiger partial charge in [-0.05, 0) is 65.1 Å². The molecule has 2 unspecified atom stereocenters. The lowest BCUT2D eigenvalue weighted by molar-refractivity contribution is 0.104. The molecule has 0 bridgehead atoms. The van der Waals surface area contributed by atoms with Crippen LogP contribution in [0.5, 0.6) is 0 Å². The Morgan fingerprint density at radius 2 is 1.08 bits per heavy atom. The van der Waals surface area contributed by atoms with Gasteiger partial charge in [-0.2, -0.15) is 0 Å². The molecule has 2 aliphatic rings. The van der Waals surface area contributed by atoms with Crippen LogP contribution >= 0.6 is 0 Å². The first-order valence-corrected chi connectivity index (χ1v) is 13.3. The minimum absolute atomic E-state index is 0.282. The van der Waals surface area contributed by atoms with Gasteiger partial charge in [-0.25, -0.2) is 0 Å². The van der Waals surface area contributed by atoms with E-state index < -0.39 is 0 Å². The third-order valence-corrected chi connectivity index (χ3v) is 6.85. The highest BCUT2D eigenvalue weighted by molar-refractivity contribution is 5.78. The predicted octanol–water partition coefficient (Wildman–Crippen LogP) is 7.04. The van der Waals surface area contributed by atoms with E-state index in [1.54, 1.807) is 0 Å². The standard InChI is InChI=1S/C33H33NO4/c1-2-4-27(5-3-1)28-10-16-31(17-11-28)34(30-14-8-26(9-15-30)21-36-22-33-24-38-33)29-12-6-25(7-13-29)20-35-19-18-32-23-37-32/h1-17,32-33H,18-24H2. The Kier molecular flexibility index (Phi) is 7.79. The van der Waals surface area contributed by atoms with Gasteiger partial charge in [0.25, 0.3) is 0 Å². The van der Waals surface area contributed by atoms with Crippen LogP contribution in [0.3, 0.4) is 0 Å². The van der Waals surface area contributed by atoms with Crippen molar-refractivity contribution in [2.24, 2.45) is 0 Å². The maximum atomic E-state index is 5.85. The number of hydrogen-bond donors (Lipinski definition) is 0. The Labute approximate surface area is 224 Å². The van der Waals surface area contributed by atoms with Gasteiger partial charge < -0.3 is 23.8 Å². The van der Waals surface area contributed by atoms with Crippen LogP contribution in [0.15, 0.2) is 103 Å². The predicted molar refractivity (Wildman–Crippen MR) is 150 cm³/mol. The number of hydrogen-bond acceptors (Lipinski definition) is 5. The van der Waals surface area contributed by atoms with Gasteiger partial charge in [0, 0.05) is 23.7 Å². The second-order valence-electron chi connectivity index (χ2n) is 9.85. The third kappa shape index (κ3) is 6.69. The van der Waals surface area contributed by atoms with Gasteiger partial charge in [0.05, 0.1) is 39.1 Å². The molecule has 194 valence electrons. The number of nitrogens with zero attached hydrogens (tertiary/aromatic N) is 1. The van der Waals surface area contributed by atoms with Crippen LogP contribution in [0.25, 0.3) is 11.1 Å². The van der Waals surface area contributed by atoms with E-state index in [1.165, 1.54) is 11.1 Å². The van der Waals surface area contributed by atoms with Crippen molar-refractivity contribution in [1.82, 2.24) is 0 Å². The SMILES string of the molecule is c1ccc(-c2ccc(N(c3ccc(COCCC4CO4)cc3)c3ccc(COCC4CO4)cc3)cc2)cc1. The van der Waals surface area contributed by atoms with Gasteiger partial charge in [0.2, 0.25) is 0 Å². The van der Waals surface area contributed by atoms with E-state index >= 15 is 0 Å². The van der Waals surface area contributed by atoms with Crippen LogP contribution in [-0.4, -0.2) is 38.6 Å². The number of benzene rings is 4. The van der Waals surface area contributed by atoms with E-state index in [2.05, 4.69) is 102 Å². The van der Waals surface area contributed by atoms with Crippen LogP contribution in [0.1, 0.15) is 17.5 Å². The molecule has 0 amide bonds. The second kappa shape index (κ2) is 11.9. The average molecular weight is 508 g/mol. The Balaban J connectivity index is 1.20. The van der Waals surface area contributed by atoms with E-state index in [1.807, 2.05) is 6.07 Å². The molecule has 0 radical (unpaired) electrons. The van der Waals surface area contributed by atoms with Crippen molar-refractivity contribution in [3.05, 3.63) is 114 Å². The van der Waals surface area contributed by atoms with Crippen molar-refractivity contribution < 1.29 is 18.9 Å². The minimum atomic E-state index is 0.282. The Morgan fingerprint density at radius 3 is 1.63 bits per heavy atom. The summed E-state index contributed by atoms with van der Waals surface area (Å²) in [4.78, 5) is 2.28. The highest BCUT2D eigenvalue weighted by Gasteiger charge is 2.22. The molecule has 38 heavy (non-hydrogen) atoms. The molecular formula is C33H33NO4. The summed E-state index contributed by atoms with van der Waals surface area (Å²) in [6.07, 6.45) is 1.66. The zero-order chi connectivity index (χ0) is 25.6. The third-order valence-electron chi connectivity index (χ3n) is 6.85. The summed E-state index contributed by atoms with van der Waals surface area (Å²) in [6, 6.07) is 36.5. The van der Waals surface area contributed by atoms with Gasteiger partial charge in [-0.1, -0.05) is 66.7 Å². The van der Waals surface area contributed by atoms with E-state index in [-0.39, 0.29) is 6.10 Å². The monoisotopic (exact) mass is 507 g/mol. The van der Waals surface area contributed by atoms with E-state index in [4.69, 9.17) is 18.9 Å². The van der Waals surface area contributed by atoms with Crippen LogP contribution < -0.4 is 4.90 Å². The van der Waals surface area contributed by atoms with Crippen LogP contribution in [0.2, 0.25) is 0 Å². The number of anilines is 3. The summed E-state index contributed by atoms with van der Waals surface area (Å²) in [6.45, 7) is 4.29. The summed E-state index contributed by atoms with van der Waals surface area (Å²) in [5, 5.41) is 0. The van der Waals surface area contributed by atoms with Crippen molar-refractivity contribution in [3.8, 4) is 11.1 Å². The Bertz CT molecular complexity index is 1280. The van der Waals surface area contributed by atoms with Crippen molar-refractivity contribution in [3.63, 3.8) is 0 Å². The summed E-state index contributed by atoms with van der Waals surface area (Å²) in [5.74, 6) is 0. The summed E-state index contributed by atoms with van der Waals surface area (Å²) in [5.41, 5.74) is 8.03. The smallest absolute Gasteiger partial charge is 0.104 e. The fourth-order valence-electron chi connectivity index (χ4n) is 4.48. The molecule has 0 N–H and O–H groups in total. The first kappa shape index (κ1) is 24.8. The van der Waals surface area contributed by atoms with E-state index in [0.717, 1.165) is 54.4 Å². The van der Waals surface area contributed by atoms with Crippen molar-refractivity contribution >= 4 is 17.1 Å². The quantitative estimate of drug-likeness (QED) is 0.143. The van der Waals surface area contributed by atoms with Crippen molar-refractivity contribution in [1.29, 1.82) is 0 Å². The van der Waals surface area contributed by atoms with Crippen LogP contribution in [0.4, 0.5) is 17.1 Å². The lowest BCUT2D eigenvalue weighted by atomic mass is 10.0. The lowest BCUT2D eigenvalue weighted by Gasteiger charge is -2.26. The first-order chi connectivity index (χ1) is 18.8. The summed E-state index contributed by atoms with van der Waals surface area (Å²) in [7, 11) is 0. The summed E-state index contributed by atoms with van der Waals surface area (Å²) < 4.78 is 22.1. The molecular weight excluding hydrogens is 474 g/mol. The molecule has 0 saturated carbocycles. The molecule has 2 saturated heterocycles. The maximum absolute atomic E-state index is 5.85. The van der Waals surface area contributed by atoms with Gasteiger partial charge >= 0.3 is 0 Å². The van der Waals surface area contributed by atoms with Crippen molar-refractivity contribution in [2.45, 2.75) is 31.8 Å². The topological polar surface area (TPSA) is 46.8 Å². The maximum Gasteiger partial charge on any atom is 0.104 e. The van der Waals surface area contributed by atoms with Gasteiger partial charge in [0.15, 0.2) is 0 Å². The molecule has 2 aliphatic heterocycles. The largest absolute Gasteiger partial charge is 0.377 e. The zero-order valence-electron chi connectivity index (χ0n) is 21.5. The number of ether oxygens (including phenoxy) is 4. The van der Waals surface area contributed by atoms with Gasteiger partial charge in [-0.3, -0.25) is 0 Å². The second-order valence-corrected chi connectivity index (χ2v) is 9.85. The van der Waals surface area contributed by atoms with Gasteiger partial charge in [-0.15, -0.1) is 0 Å². The lowest BCUT2D eigenvalue weighted by Crippen LogP contribution is -2.10. The fraction of sp³-hybridized carbons (Fsp3) is 0.273. The molecule has 0 aliphatic carbocycles. The normalized spacial score (nSPS) is 17.8. The highest BCUT2D eigenvalue weighted by Crippen LogP contribution is 2.36. The molecule has 5 nitrogen and oxygen atoms in total. The molecule has 4 aromatic carbocycles. The van der Waals surface area contributed by atoms with Gasteiger partial charge in [0.1, 0.15) is 6.10 Å². The number of rotatable bonds is 13. The molecule has 2 heterocycles. The molecule has 4 aromatic rings.